The number of anilines is 1. The van der Waals surface area contributed by atoms with Crippen molar-refractivity contribution >= 4 is 5.69 Å². The summed E-state index contributed by atoms with van der Waals surface area (Å²) in [4.78, 5) is 0. The van der Waals surface area contributed by atoms with E-state index in [1.807, 2.05) is 6.20 Å². The van der Waals surface area contributed by atoms with Crippen LogP contribution in [-0.2, 0) is 6.54 Å². The maximum atomic E-state index is 4.10. The van der Waals surface area contributed by atoms with Crippen LogP contribution in [0.5, 0.6) is 0 Å². The summed E-state index contributed by atoms with van der Waals surface area (Å²) in [6.07, 6.45) is 1.91. The van der Waals surface area contributed by atoms with Crippen LogP contribution in [0.1, 0.15) is 16.8 Å². The van der Waals surface area contributed by atoms with Gasteiger partial charge in [0.2, 0.25) is 0 Å². The van der Waals surface area contributed by atoms with Crippen molar-refractivity contribution in [1.82, 2.24) is 10.2 Å². The SMILES string of the molecule is Cc1cc(C)c2c(c1)-c1cn[nH]c1CN2. The molecule has 0 saturated heterocycles. The highest BCUT2D eigenvalue weighted by Crippen LogP contribution is 2.37. The number of hydrogen-bond acceptors (Lipinski definition) is 2. The van der Waals surface area contributed by atoms with Crippen molar-refractivity contribution in [3.8, 4) is 11.1 Å². The number of hydrogen-bond donors (Lipinski definition) is 2. The van der Waals surface area contributed by atoms with Crippen molar-refractivity contribution in [3.05, 3.63) is 35.2 Å². The van der Waals surface area contributed by atoms with Gasteiger partial charge in [-0.15, -0.1) is 0 Å². The van der Waals surface area contributed by atoms with E-state index >= 15 is 0 Å². The number of fused-ring (bicyclic) bond motifs is 3. The zero-order valence-electron chi connectivity index (χ0n) is 8.89. The third-order valence-corrected chi connectivity index (χ3v) is 2.93. The second kappa shape index (κ2) is 2.86. The summed E-state index contributed by atoms with van der Waals surface area (Å²) in [5, 5.41) is 10.6. The molecule has 2 N–H and O–H groups in total. The maximum absolute atomic E-state index is 4.10. The fourth-order valence-electron chi connectivity index (χ4n) is 2.27. The van der Waals surface area contributed by atoms with E-state index in [0.29, 0.717) is 0 Å². The zero-order chi connectivity index (χ0) is 10.4. The summed E-state index contributed by atoms with van der Waals surface area (Å²) in [6.45, 7) is 5.11. The Morgan fingerprint density at radius 2 is 2.07 bits per heavy atom. The molecule has 3 rings (SSSR count). The van der Waals surface area contributed by atoms with Crippen LogP contribution in [0.25, 0.3) is 11.1 Å². The van der Waals surface area contributed by atoms with Crippen LogP contribution in [0.15, 0.2) is 18.3 Å². The lowest BCUT2D eigenvalue weighted by Gasteiger charge is -2.20. The highest BCUT2D eigenvalue weighted by Gasteiger charge is 2.18. The minimum absolute atomic E-state index is 0.840. The van der Waals surface area contributed by atoms with E-state index in [2.05, 4.69) is 41.5 Å². The quantitative estimate of drug-likeness (QED) is 0.684. The van der Waals surface area contributed by atoms with Crippen LogP contribution < -0.4 is 5.32 Å². The monoisotopic (exact) mass is 199 g/mol. The van der Waals surface area contributed by atoms with Crippen LogP contribution in [-0.4, -0.2) is 10.2 Å². The number of benzene rings is 1. The summed E-state index contributed by atoms with van der Waals surface area (Å²) in [5.41, 5.74) is 7.51. The fourth-order valence-corrected chi connectivity index (χ4v) is 2.27. The number of rotatable bonds is 0. The average molecular weight is 199 g/mol. The molecule has 15 heavy (non-hydrogen) atoms. The predicted molar refractivity (Wildman–Crippen MR) is 60.8 cm³/mol. The van der Waals surface area contributed by atoms with E-state index in [4.69, 9.17) is 0 Å². The molecule has 0 amide bonds. The van der Waals surface area contributed by atoms with Gasteiger partial charge in [0.25, 0.3) is 0 Å². The van der Waals surface area contributed by atoms with Gasteiger partial charge in [-0.1, -0.05) is 11.6 Å². The van der Waals surface area contributed by atoms with Crippen molar-refractivity contribution in [2.45, 2.75) is 20.4 Å². The van der Waals surface area contributed by atoms with Crippen LogP contribution in [0.3, 0.4) is 0 Å². The van der Waals surface area contributed by atoms with Crippen molar-refractivity contribution < 1.29 is 0 Å². The third-order valence-electron chi connectivity index (χ3n) is 2.93. The lowest BCUT2D eigenvalue weighted by molar-refractivity contribution is 0.975. The minimum atomic E-state index is 0.840. The largest absolute Gasteiger partial charge is 0.379 e. The molecule has 2 heterocycles. The van der Waals surface area contributed by atoms with Crippen LogP contribution in [0.4, 0.5) is 5.69 Å². The minimum Gasteiger partial charge on any atom is -0.379 e. The second-order valence-electron chi connectivity index (χ2n) is 4.12. The molecule has 0 radical (unpaired) electrons. The Morgan fingerprint density at radius 1 is 1.20 bits per heavy atom. The van der Waals surface area contributed by atoms with E-state index in [9.17, 15) is 0 Å². The highest BCUT2D eigenvalue weighted by atomic mass is 15.1. The maximum Gasteiger partial charge on any atom is 0.0622 e. The normalized spacial score (nSPS) is 12.9. The fraction of sp³-hybridized carbons (Fsp3) is 0.250. The lowest BCUT2D eigenvalue weighted by atomic mass is 9.95. The Hall–Kier alpha value is -1.77. The van der Waals surface area contributed by atoms with Gasteiger partial charge in [0.1, 0.15) is 0 Å². The van der Waals surface area contributed by atoms with E-state index < -0.39 is 0 Å². The predicted octanol–water partition coefficient (Wildman–Crippen LogP) is 2.62. The molecular weight excluding hydrogens is 186 g/mol. The van der Waals surface area contributed by atoms with Crippen LogP contribution >= 0.6 is 0 Å². The molecule has 1 aliphatic heterocycles. The Kier molecular flexibility index (Phi) is 1.63. The van der Waals surface area contributed by atoms with E-state index in [0.717, 1.165) is 6.54 Å². The molecule has 0 saturated carbocycles. The van der Waals surface area contributed by atoms with Gasteiger partial charge < -0.3 is 5.32 Å². The molecule has 0 aliphatic carbocycles. The Balaban J connectivity index is 2.32. The summed E-state index contributed by atoms with van der Waals surface area (Å²) in [7, 11) is 0. The molecule has 1 aromatic carbocycles. The molecule has 1 aliphatic rings. The first kappa shape index (κ1) is 8.53. The number of aryl methyl sites for hydroxylation is 2. The van der Waals surface area contributed by atoms with E-state index in [1.165, 1.54) is 33.6 Å². The Bertz CT molecular complexity index is 526. The summed E-state index contributed by atoms with van der Waals surface area (Å²) in [5.74, 6) is 0. The number of nitrogens with zero attached hydrogens (tertiary/aromatic N) is 1. The van der Waals surface area contributed by atoms with Gasteiger partial charge >= 0.3 is 0 Å². The van der Waals surface area contributed by atoms with Gasteiger partial charge in [0, 0.05) is 16.8 Å². The van der Waals surface area contributed by atoms with Crippen molar-refractivity contribution in [1.29, 1.82) is 0 Å². The van der Waals surface area contributed by atoms with Crippen molar-refractivity contribution in [2.24, 2.45) is 0 Å². The van der Waals surface area contributed by atoms with Crippen molar-refractivity contribution in [3.63, 3.8) is 0 Å². The molecule has 76 valence electrons. The molecule has 0 unspecified atom stereocenters. The van der Waals surface area contributed by atoms with Crippen LogP contribution in [0, 0.1) is 13.8 Å². The molecule has 0 atom stereocenters. The summed E-state index contributed by atoms with van der Waals surface area (Å²) < 4.78 is 0. The molecule has 3 nitrogen and oxygen atoms in total. The van der Waals surface area contributed by atoms with Gasteiger partial charge in [-0.3, -0.25) is 5.10 Å². The second-order valence-corrected chi connectivity index (χ2v) is 4.12. The number of aromatic nitrogens is 2. The molecule has 0 bridgehead atoms. The molecular formula is C12H13N3. The third kappa shape index (κ3) is 1.16. The number of nitrogens with one attached hydrogen (secondary N) is 2. The summed E-state index contributed by atoms with van der Waals surface area (Å²) in [6, 6.07) is 4.42. The van der Waals surface area contributed by atoms with Gasteiger partial charge in [0.05, 0.1) is 18.4 Å². The van der Waals surface area contributed by atoms with Crippen molar-refractivity contribution in [2.75, 3.05) is 5.32 Å². The molecule has 0 spiro atoms. The molecule has 2 aromatic rings. The van der Waals surface area contributed by atoms with Gasteiger partial charge in [0.15, 0.2) is 0 Å². The Labute approximate surface area is 88.5 Å². The van der Waals surface area contributed by atoms with Crippen LogP contribution in [0.2, 0.25) is 0 Å². The smallest absolute Gasteiger partial charge is 0.0622 e. The van der Waals surface area contributed by atoms with E-state index in [-0.39, 0.29) is 0 Å². The van der Waals surface area contributed by atoms with Gasteiger partial charge in [-0.2, -0.15) is 5.10 Å². The average Bonchev–Trinajstić information content (AvgIpc) is 2.65. The Morgan fingerprint density at radius 3 is 2.93 bits per heavy atom. The first-order valence-electron chi connectivity index (χ1n) is 5.13. The zero-order valence-corrected chi connectivity index (χ0v) is 8.89. The van der Waals surface area contributed by atoms with Gasteiger partial charge in [-0.05, 0) is 25.5 Å². The lowest BCUT2D eigenvalue weighted by Crippen LogP contribution is -2.09. The first-order valence-corrected chi connectivity index (χ1v) is 5.13. The van der Waals surface area contributed by atoms with Gasteiger partial charge in [-0.25, -0.2) is 0 Å². The topological polar surface area (TPSA) is 40.7 Å². The first-order chi connectivity index (χ1) is 7.25. The molecule has 0 fully saturated rings. The summed E-state index contributed by atoms with van der Waals surface area (Å²) >= 11 is 0. The number of H-pyrrole nitrogens is 1. The van der Waals surface area contributed by atoms with E-state index in [1.54, 1.807) is 0 Å². The number of aromatic amines is 1. The highest BCUT2D eigenvalue weighted by molar-refractivity contribution is 5.84. The standard InChI is InChI=1S/C12H13N3/c1-7-3-8(2)12-9(4-7)10-5-14-15-11(10)6-13-12/h3-5,13H,6H2,1-2H3,(H,14,15). The molecule has 1 aromatic heterocycles. The molecule has 3 heteroatoms.